The van der Waals surface area contributed by atoms with Crippen LogP contribution >= 0.6 is 0 Å². The topological polar surface area (TPSA) is 72.5 Å². The second-order valence-corrected chi connectivity index (χ2v) is 8.49. The molecule has 25 heavy (non-hydrogen) atoms. The molecule has 0 spiro atoms. The fourth-order valence-electron chi connectivity index (χ4n) is 5.45. The highest BCUT2D eigenvalue weighted by atomic mass is 16.5. The Hall–Kier alpha value is -1.65. The van der Waals surface area contributed by atoms with Crippen LogP contribution < -0.4 is 5.73 Å². The van der Waals surface area contributed by atoms with Crippen molar-refractivity contribution in [2.24, 2.45) is 28.4 Å². The molecule has 0 bridgehead atoms. The summed E-state index contributed by atoms with van der Waals surface area (Å²) in [6.07, 6.45) is 13.0. The number of aliphatic hydroxyl groups excluding tert-OH is 1. The number of esters is 1. The maximum absolute atomic E-state index is 11.4. The molecule has 0 aromatic carbocycles. The van der Waals surface area contributed by atoms with E-state index in [9.17, 15) is 9.90 Å². The minimum absolute atomic E-state index is 0.0350. The van der Waals surface area contributed by atoms with E-state index in [1.807, 2.05) is 6.08 Å². The standard InChI is InChI=1S/C21H27NO3/c1-12(23)25-18-11-17-15-5-4-13-10-14(24)6-8-20(13,2)16(15)7-9-21(17,3)19(18)22/h4-6,8,11,14,16-17,19,24H,7,9-10,22H2,1-3H3/t14-,16-,17-,19-,20-,21-/m0/s1. The summed E-state index contributed by atoms with van der Waals surface area (Å²) in [6.45, 7) is 5.93. The van der Waals surface area contributed by atoms with Crippen LogP contribution in [0.5, 0.6) is 0 Å². The van der Waals surface area contributed by atoms with E-state index in [1.165, 1.54) is 18.1 Å². The number of hydrogen-bond acceptors (Lipinski definition) is 4. The molecule has 4 aliphatic rings. The van der Waals surface area contributed by atoms with E-state index in [0.29, 0.717) is 18.1 Å². The van der Waals surface area contributed by atoms with Crippen molar-refractivity contribution in [1.82, 2.24) is 0 Å². The Morgan fingerprint density at radius 1 is 1.36 bits per heavy atom. The number of rotatable bonds is 1. The summed E-state index contributed by atoms with van der Waals surface area (Å²) >= 11 is 0. The van der Waals surface area contributed by atoms with Crippen LogP contribution in [0.4, 0.5) is 0 Å². The van der Waals surface area contributed by atoms with Crippen LogP contribution in [0.3, 0.4) is 0 Å². The molecule has 4 rings (SSSR count). The van der Waals surface area contributed by atoms with E-state index in [0.717, 1.165) is 12.8 Å². The fourth-order valence-corrected chi connectivity index (χ4v) is 5.45. The van der Waals surface area contributed by atoms with Crippen LogP contribution in [0.1, 0.15) is 40.0 Å². The highest BCUT2D eigenvalue weighted by Crippen LogP contribution is 2.61. The molecule has 4 heteroatoms. The number of carbonyl (C=O) groups is 1. The minimum atomic E-state index is -0.376. The second kappa shape index (κ2) is 5.42. The molecule has 134 valence electrons. The summed E-state index contributed by atoms with van der Waals surface area (Å²) in [5, 5.41) is 9.98. The summed E-state index contributed by atoms with van der Waals surface area (Å²) < 4.78 is 5.41. The number of nitrogens with two attached hydrogens (primary N) is 1. The monoisotopic (exact) mass is 341 g/mol. The second-order valence-electron chi connectivity index (χ2n) is 8.49. The van der Waals surface area contributed by atoms with E-state index in [2.05, 4.69) is 38.2 Å². The van der Waals surface area contributed by atoms with Gasteiger partial charge in [0.15, 0.2) is 0 Å². The molecular weight excluding hydrogens is 314 g/mol. The molecule has 0 aromatic heterocycles. The summed E-state index contributed by atoms with van der Waals surface area (Å²) in [5.41, 5.74) is 9.05. The molecule has 6 atom stereocenters. The highest BCUT2D eigenvalue weighted by Gasteiger charge is 2.55. The Bertz CT molecular complexity index is 746. The minimum Gasteiger partial charge on any atom is -0.430 e. The first kappa shape index (κ1) is 16.8. The van der Waals surface area contributed by atoms with Crippen LogP contribution in [-0.2, 0) is 9.53 Å². The Kier molecular flexibility index (Phi) is 3.64. The van der Waals surface area contributed by atoms with Gasteiger partial charge in [-0.2, -0.15) is 0 Å². The molecule has 0 aromatic rings. The van der Waals surface area contributed by atoms with Crippen LogP contribution in [0.2, 0.25) is 0 Å². The lowest BCUT2D eigenvalue weighted by Crippen LogP contribution is -2.49. The van der Waals surface area contributed by atoms with Gasteiger partial charge < -0.3 is 15.6 Å². The predicted octanol–water partition coefficient (Wildman–Crippen LogP) is 3.00. The van der Waals surface area contributed by atoms with E-state index >= 15 is 0 Å². The van der Waals surface area contributed by atoms with Crippen molar-refractivity contribution >= 4 is 5.97 Å². The molecule has 0 heterocycles. The maximum Gasteiger partial charge on any atom is 0.307 e. The van der Waals surface area contributed by atoms with E-state index in [-0.39, 0.29) is 34.9 Å². The van der Waals surface area contributed by atoms with Crippen molar-refractivity contribution in [2.45, 2.75) is 52.2 Å². The fraction of sp³-hybridized carbons (Fsp3) is 0.571. The number of fused-ring (bicyclic) bond motifs is 5. The molecule has 4 aliphatic carbocycles. The molecule has 0 radical (unpaired) electrons. The van der Waals surface area contributed by atoms with Crippen LogP contribution in [0.15, 0.2) is 47.3 Å². The quantitative estimate of drug-likeness (QED) is 0.568. The molecule has 0 saturated heterocycles. The van der Waals surface area contributed by atoms with Crippen molar-refractivity contribution < 1.29 is 14.6 Å². The molecule has 0 aliphatic heterocycles. The van der Waals surface area contributed by atoms with E-state index in [4.69, 9.17) is 10.5 Å². The maximum atomic E-state index is 11.4. The van der Waals surface area contributed by atoms with Gasteiger partial charge in [-0.3, -0.25) is 4.79 Å². The Balaban J connectivity index is 1.75. The number of ether oxygens (including phenoxy) is 1. The third kappa shape index (κ3) is 2.31. The van der Waals surface area contributed by atoms with Gasteiger partial charge in [-0.1, -0.05) is 49.3 Å². The van der Waals surface area contributed by atoms with Gasteiger partial charge in [-0.15, -0.1) is 0 Å². The number of aliphatic hydroxyl groups is 1. The first-order valence-electron chi connectivity index (χ1n) is 9.20. The average Bonchev–Trinajstić information content (AvgIpc) is 2.79. The SMILES string of the molecule is CC(=O)OC1=C[C@H]2C3=CC=C4C[C@@H](O)C=C[C@]4(C)[C@H]3CC[C@]2(C)[C@H]1N. The van der Waals surface area contributed by atoms with Gasteiger partial charge in [-0.05, 0) is 31.3 Å². The zero-order valence-electron chi connectivity index (χ0n) is 15.2. The lowest BCUT2D eigenvalue weighted by molar-refractivity contribution is -0.137. The third-order valence-electron chi connectivity index (χ3n) is 7.04. The summed E-state index contributed by atoms with van der Waals surface area (Å²) in [4.78, 5) is 11.4. The Morgan fingerprint density at radius 2 is 2.12 bits per heavy atom. The smallest absolute Gasteiger partial charge is 0.307 e. The first-order valence-corrected chi connectivity index (χ1v) is 9.20. The van der Waals surface area contributed by atoms with Crippen LogP contribution in [-0.4, -0.2) is 23.2 Å². The number of carbonyl (C=O) groups excluding carboxylic acids is 1. The number of allylic oxidation sites excluding steroid dienone is 5. The van der Waals surface area contributed by atoms with Crippen LogP contribution in [0.25, 0.3) is 0 Å². The zero-order valence-corrected chi connectivity index (χ0v) is 15.2. The normalized spacial score (nSPS) is 44.8. The summed E-state index contributed by atoms with van der Waals surface area (Å²) in [6, 6.07) is -0.245. The molecule has 0 amide bonds. The van der Waals surface area contributed by atoms with Gasteiger partial charge in [-0.25, -0.2) is 0 Å². The summed E-state index contributed by atoms with van der Waals surface area (Å²) in [5.74, 6) is 0.924. The molecule has 1 fully saturated rings. The molecule has 0 unspecified atom stereocenters. The largest absolute Gasteiger partial charge is 0.430 e. The molecule has 3 N–H and O–H groups in total. The van der Waals surface area contributed by atoms with Crippen molar-refractivity contribution in [3.8, 4) is 0 Å². The van der Waals surface area contributed by atoms with Crippen molar-refractivity contribution in [3.63, 3.8) is 0 Å². The molecular formula is C21H27NO3. The zero-order chi connectivity index (χ0) is 18.0. The van der Waals surface area contributed by atoms with Crippen molar-refractivity contribution in [1.29, 1.82) is 0 Å². The lowest BCUT2D eigenvalue weighted by atomic mass is 9.52. The molecule has 1 saturated carbocycles. The van der Waals surface area contributed by atoms with Gasteiger partial charge >= 0.3 is 5.97 Å². The van der Waals surface area contributed by atoms with Gasteiger partial charge in [0.2, 0.25) is 0 Å². The third-order valence-corrected chi connectivity index (χ3v) is 7.04. The van der Waals surface area contributed by atoms with Gasteiger partial charge in [0.25, 0.3) is 0 Å². The predicted molar refractivity (Wildman–Crippen MR) is 96.2 cm³/mol. The van der Waals surface area contributed by atoms with E-state index in [1.54, 1.807) is 0 Å². The number of hydrogen-bond donors (Lipinski definition) is 2. The Morgan fingerprint density at radius 3 is 2.84 bits per heavy atom. The van der Waals surface area contributed by atoms with Crippen molar-refractivity contribution in [2.75, 3.05) is 0 Å². The van der Waals surface area contributed by atoms with Gasteiger partial charge in [0.05, 0.1) is 12.1 Å². The average molecular weight is 341 g/mol. The first-order chi connectivity index (χ1) is 11.8. The summed E-state index contributed by atoms with van der Waals surface area (Å²) in [7, 11) is 0. The van der Waals surface area contributed by atoms with Gasteiger partial charge in [0, 0.05) is 23.7 Å². The van der Waals surface area contributed by atoms with Gasteiger partial charge in [0.1, 0.15) is 5.76 Å². The lowest BCUT2D eigenvalue weighted by Gasteiger charge is -2.52. The van der Waals surface area contributed by atoms with E-state index < -0.39 is 0 Å². The van der Waals surface area contributed by atoms with Crippen molar-refractivity contribution in [3.05, 3.63) is 47.3 Å². The Labute approximate surface area is 149 Å². The molecule has 4 nitrogen and oxygen atoms in total. The highest BCUT2D eigenvalue weighted by molar-refractivity contribution is 5.67. The van der Waals surface area contributed by atoms with Crippen LogP contribution in [0, 0.1) is 22.7 Å².